The van der Waals surface area contributed by atoms with Gasteiger partial charge in [0.15, 0.2) is 5.82 Å². The van der Waals surface area contributed by atoms with Crippen LogP contribution in [0, 0.1) is 4.64 Å². The number of rotatable bonds is 5. The van der Waals surface area contributed by atoms with E-state index in [1.807, 2.05) is 66.7 Å². The maximum atomic E-state index is 14.1. The number of alkyl halides is 3. The quantitative estimate of drug-likeness (QED) is 0.121. The van der Waals surface area contributed by atoms with Crippen molar-refractivity contribution in [2.45, 2.75) is 17.0 Å². The van der Waals surface area contributed by atoms with E-state index in [4.69, 9.17) is 27.2 Å². The maximum absolute atomic E-state index is 14.1. The van der Waals surface area contributed by atoms with Gasteiger partial charge in [0.2, 0.25) is 0 Å². The molecule has 0 radical (unpaired) electrons. The molecule has 0 spiro atoms. The van der Waals surface area contributed by atoms with Gasteiger partial charge in [-0.05, 0) is 30.3 Å². The smallest absolute Gasteiger partial charge is 0.287 e. The molecule has 0 unspecified atom stereocenters. The fourth-order valence-electron chi connectivity index (χ4n) is 4.44. The van der Waals surface area contributed by atoms with Gasteiger partial charge in [-0.15, -0.1) is 0 Å². The van der Waals surface area contributed by atoms with E-state index >= 15 is 0 Å². The standard InChI is InChI=1S/C30H19F3N4S2/c31-30(32,33)22-14-6-9-17-25(22)37-26(34-24-16-8-5-13-21(24)29(37)38)18-39-28-20-12-4-7-15-23(20)35-27(36-28)19-10-2-1-3-11-19/h1-17H,18H2. The third-order valence-corrected chi connectivity index (χ3v) is 7.62. The number of hydrogen-bond donors (Lipinski definition) is 0. The Bertz CT molecular complexity index is 1890. The lowest BCUT2D eigenvalue weighted by Gasteiger charge is -2.19. The molecule has 39 heavy (non-hydrogen) atoms. The molecule has 2 aromatic heterocycles. The number of benzene rings is 4. The maximum Gasteiger partial charge on any atom is 0.418 e. The summed E-state index contributed by atoms with van der Waals surface area (Å²) < 4.78 is 43.9. The van der Waals surface area contributed by atoms with Crippen LogP contribution in [0.4, 0.5) is 13.2 Å². The zero-order valence-corrected chi connectivity index (χ0v) is 21.9. The normalized spacial score (nSPS) is 11.8. The van der Waals surface area contributed by atoms with Gasteiger partial charge < -0.3 is 0 Å². The van der Waals surface area contributed by atoms with Crippen LogP contribution in [-0.4, -0.2) is 19.5 Å². The Labute approximate surface area is 231 Å². The Morgan fingerprint density at radius 1 is 0.692 bits per heavy atom. The molecule has 4 aromatic carbocycles. The van der Waals surface area contributed by atoms with Gasteiger partial charge in [0.25, 0.3) is 0 Å². The summed E-state index contributed by atoms with van der Waals surface area (Å²) in [5.41, 5.74) is 1.44. The second-order valence-electron chi connectivity index (χ2n) is 8.72. The van der Waals surface area contributed by atoms with E-state index in [0.29, 0.717) is 27.6 Å². The molecule has 0 saturated heterocycles. The summed E-state index contributed by atoms with van der Waals surface area (Å²) in [5, 5.41) is 2.16. The average molecular weight is 557 g/mol. The Morgan fingerprint density at radius 3 is 2.05 bits per heavy atom. The van der Waals surface area contributed by atoms with Crippen molar-refractivity contribution in [2.75, 3.05) is 0 Å². The largest absolute Gasteiger partial charge is 0.418 e. The summed E-state index contributed by atoms with van der Waals surface area (Å²) in [4.78, 5) is 14.3. The highest BCUT2D eigenvalue weighted by Crippen LogP contribution is 2.36. The lowest BCUT2D eigenvalue weighted by atomic mass is 10.1. The first-order valence-electron chi connectivity index (χ1n) is 12.0. The average Bonchev–Trinajstić information content (AvgIpc) is 2.96. The molecule has 0 atom stereocenters. The SMILES string of the molecule is FC(F)(F)c1ccccc1-n1c(CSc2nc(-c3ccccc3)nc3ccccc23)nc2ccccc2c1=S. The van der Waals surface area contributed by atoms with Crippen molar-refractivity contribution < 1.29 is 13.2 Å². The first kappa shape index (κ1) is 25.2. The number of aromatic nitrogens is 4. The number of fused-ring (bicyclic) bond motifs is 2. The molecule has 6 aromatic rings. The molecule has 6 rings (SSSR count). The van der Waals surface area contributed by atoms with Gasteiger partial charge in [-0.1, -0.05) is 96.8 Å². The van der Waals surface area contributed by atoms with Gasteiger partial charge in [-0.25, -0.2) is 15.0 Å². The van der Waals surface area contributed by atoms with E-state index in [1.54, 1.807) is 18.2 Å². The molecule has 0 N–H and O–H groups in total. The van der Waals surface area contributed by atoms with Crippen molar-refractivity contribution in [1.29, 1.82) is 0 Å². The highest BCUT2D eigenvalue weighted by atomic mass is 32.2. The second kappa shape index (κ2) is 10.2. The molecule has 0 aliphatic carbocycles. The summed E-state index contributed by atoms with van der Waals surface area (Å²) >= 11 is 7.15. The molecule has 0 aliphatic rings. The zero-order chi connectivity index (χ0) is 27.0. The van der Waals surface area contributed by atoms with Crippen molar-refractivity contribution in [3.05, 3.63) is 119 Å². The topological polar surface area (TPSA) is 43.6 Å². The Balaban J connectivity index is 1.51. The van der Waals surface area contributed by atoms with Crippen molar-refractivity contribution in [3.63, 3.8) is 0 Å². The van der Waals surface area contributed by atoms with Crippen LogP contribution in [0.5, 0.6) is 0 Å². The number of hydrogen-bond acceptors (Lipinski definition) is 5. The first-order valence-corrected chi connectivity index (χ1v) is 13.4. The molecule has 0 bridgehead atoms. The van der Waals surface area contributed by atoms with E-state index < -0.39 is 11.7 Å². The molecule has 9 heteroatoms. The van der Waals surface area contributed by atoms with Gasteiger partial charge >= 0.3 is 6.18 Å². The summed E-state index contributed by atoms with van der Waals surface area (Å²) in [6.45, 7) is 0. The van der Waals surface area contributed by atoms with Crippen LogP contribution in [-0.2, 0) is 11.9 Å². The Hall–Kier alpha value is -4.08. The Kier molecular flexibility index (Phi) is 6.62. The van der Waals surface area contributed by atoms with E-state index in [1.165, 1.54) is 28.5 Å². The minimum absolute atomic E-state index is 0.0543. The van der Waals surface area contributed by atoms with Crippen LogP contribution in [0.25, 0.3) is 38.9 Å². The molecular formula is C30H19F3N4S2. The van der Waals surface area contributed by atoms with Crippen molar-refractivity contribution in [2.24, 2.45) is 0 Å². The summed E-state index contributed by atoms with van der Waals surface area (Å²) in [6, 6.07) is 30.0. The monoisotopic (exact) mass is 556 g/mol. The lowest BCUT2D eigenvalue weighted by Crippen LogP contribution is -2.15. The van der Waals surface area contributed by atoms with E-state index in [2.05, 4.69) is 0 Å². The van der Waals surface area contributed by atoms with Gasteiger partial charge in [0.1, 0.15) is 15.5 Å². The molecule has 4 nitrogen and oxygen atoms in total. The molecule has 0 fully saturated rings. The predicted molar refractivity (Wildman–Crippen MR) is 151 cm³/mol. The van der Waals surface area contributed by atoms with Gasteiger partial charge in [0.05, 0.1) is 28.0 Å². The van der Waals surface area contributed by atoms with E-state index in [-0.39, 0.29) is 16.1 Å². The van der Waals surface area contributed by atoms with Crippen molar-refractivity contribution >= 4 is 45.8 Å². The van der Waals surface area contributed by atoms with Gasteiger partial charge in [-0.3, -0.25) is 4.57 Å². The van der Waals surface area contributed by atoms with Crippen LogP contribution in [0.3, 0.4) is 0 Å². The fraction of sp³-hybridized carbons (Fsp3) is 0.0667. The van der Waals surface area contributed by atoms with Crippen LogP contribution in [0.2, 0.25) is 0 Å². The number of nitrogens with zero attached hydrogens (tertiary/aromatic N) is 4. The first-order chi connectivity index (χ1) is 18.9. The van der Waals surface area contributed by atoms with E-state index in [0.717, 1.165) is 22.5 Å². The summed E-state index contributed by atoms with van der Waals surface area (Å²) in [6.07, 6.45) is -4.56. The van der Waals surface area contributed by atoms with Crippen LogP contribution in [0.15, 0.2) is 108 Å². The Morgan fingerprint density at radius 2 is 1.31 bits per heavy atom. The predicted octanol–water partition coefficient (Wildman–Crippen LogP) is 8.68. The minimum Gasteiger partial charge on any atom is -0.287 e. The molecule has 2 heterocycles. The highest BCUT2D eigenvalue weighted by molar-refractivity contribution is 7.98. The number of para-hydroxylation sites is 3. The lowest BCUT2D eigenvalue weighted by molar-refractivity contribution is -0.137. The molecule has 192 valence electrons. The van der Waals surface area contributed by atoms with Crippen LogP contribution >= 0.6 is 24.0 Å². The second-order valence-corrected chi connectivity index (χ2v) is 10.1. The summed E-state index contributed by atoms with van der Waals surface area (Å²) in [7, 11) is 0. The zero-order valence-electron chi connectivity index (χ0n) is 20.3. The minimum atomic E-state index is -4.56. The molecular weight excluding hydrogens is 537 g/mol. The number of thioether (sulfide) groups is 1. The summed E-state index contributed by atoms with van der Waals surface area (Å²) in [5.74, 6) is 1.20. The molecule has 0 aliphatic heterocycles. The molecule has 0 amide bonds. The molecule has 0 saturated carbocycles. The third kappa shape index (κ3) is 4.91. The van der Waals surface area contributed by atoms with E-state index in [9.17, 15) is 13.2 Å². The van der Waals surface area contributed by atoms with Crippen LogP contribution < -0.4 is 0 Å². The van der Waals surface area contributed by atoms with Crippen LogP contribution in [0.1, 0.15) is 11.4 Å². The van der Waals surface area contributed by atoms with Crippen molar-refractivity contribution in [3.8, 4) is 17.1 Å². The number of halogens is 3. The highest BCUT2D eigenvalue weighted by Gasteiger charge is 2.34. The van der Waals surface area contributed by atoms with Gasteiger partial charge in [0, 0.05) is 16.3 Å². The van der Waals surface area contributed by atoms with Crippen molar-refractivity contribution in [1.82, 2.24) is 19.5 Å². The van der Waals surface area contributed by atoms with Gasteiger partial charge in [-0.2, -0.15) is 13.2 Å². The third-order valence-electron chi connectivity index (χ3n) is 6.23. The fourth-order valence-corrected chi connectivity index (χ4v) is 5.75.